The first kappa shape index (κ1) is 24.5. The molecule has 4 rings (SSSR count). The minimum Gasteiger partial charge on any atom is -0.481 e. The van der Waals surface area contributed by atoms with Crippen LogP contribution in [0, 0.1) is 46.3 Å². The molecule has 0 amide bonds. The van der Waals surface area contributed by atoms with Gasteiger partial charge in [0.25, 0.3) is 12.9 Å². The summed E-state index contributed by atoms with van der Waals surface area (Å²) in [5.41, 5.74) is -0.257. The molecule has 7 heteroatoms. The van der Waals surface area contributed by atoms with Crippen molar-refractivity contribution in [3.05, 3.63) is 0 Å². The molecule has 7 nitrogen and oxygen atoms in total. The predicted molar refractivity (Wildman–Crippen MR) is 120 cm³/mol. The van der Waals surface area contributed by atoms with Gasteiger partial charge in [0.05, 0.1) is 6.10 Å². The van der Waals surface area contributed by atoms with Crippen molar-refractivity contribution in [3.63, 3.8) is 0 Å². The van der Waals surface area contributed by atoms with E-state index < -0.39 is 5.97 Å². The van der Waals surface area contributed by atoms with E-state index in [1.807, 2.05) is 0 Å². The normalized spacial score (nSPS) is 47.4. The van der Waals surface area contributed by atoms with E-state index in [2.05, 4.69) is 20.8 Å². The summed E-state index contributed by atoms with van der Waals surface area (Å²) in [7, 11) is 0. The van der Waals surface area contributed by atoms with Crippen LogP contribution in [-0.4, -0.2) is 47.4 Å². The van der Waals surface area contributed by atoms with Gasteiger partial charge < -0.3 is 19.7 Å². The molecule has 2 N–H and O–H groups in total. The van der Waals surface area contributed by atoms with E-state index in [0.29, 0.717) is 19.4 Å². The molecular weight excluding hydrogens is 424 g/mol. The summed E-state index contributed by atoms with van der Waals surface area (Å²) >= 11 is 0. The Kier molecular flexibility index (Phi) is 6.83. The number of fused-ring (bicyclic) bond motifs is 5. The molecule has 0 saturated heterocycles. The Hall–Kier alpha value is -1.63. The first-order chi connectivity index (χ1) is 15.7. The highest BCUT2D eigenvalue weighted by molar-refractivity contribution is 5.66. The smallest absolute Gasteiger partial charge is 0.303 e. The first-order valence-corrected chi connectivity index (χ1v) is 12.7. The molecule has 0 aliphatic heterocycles. The van der Waals surface area contributed by atoms with Crippen molar-refractivity contribution >= 4 is 18.9 Å². The molecule has 0 aromatic carbocycles. The maximum atomic E-state index is 11.6. The van der Waals surface area contributed by atoms with Crippen molar-refractivity contribution < 1.29 is 34.1 Å². The third-order valence-corrected chi connectivity index (χ3v) is 10.7. The van der Waals surface area contributed by atoms with E-state index in [-0.39, 0.29) is 71.1 Å². The zero-order valence-corrected chi connectivity index (χ0v) is 20.2. The average Bonchev–Trinajstić information content (AvgIpc) is 3.12. The largest absolute Gasteiger partial charge is 0.481 e. The maximum Gasteiger partial charge on any atom is 0.303 e. The standard InChI is InChI=1S/C26H40O7/c1-15(4-7-23(30)31)18-5-6-19-24-20(12-22(33-14-28)26(18,19)3)25(2)9-8-17(29)10-16(25)11-21(24)32-13-27/h13-22,24,29H,4-12H2,1-3H3,(H,30,31)/t15?,16?,17?,18?,19?,20?,21?,22?,24?,25-,26+/m0/s1. The Labute approximate surface area is 196 Å². The van der Waals surface area contributed by atoms with Crippen LogP contribution in [0.15, 0.2) is 0 Å². The first-order valence-electron chi connectivity index (χ1n) is 12.7. The van der Waals surface area contributed by atoms with Crippen LogP contribution in [-0.2, 0) is 23.9 Å². The number of ether oxygens (including phenoxy) is 2. The fourth-order valence-electron chi connectivity index (χ4n) is 9.12. The number of carbonyl (C=O) groups excluding carboxylic acids is 2. The lowest BCUT2D eigenvalue weighted by atomic mass is 9.43. The van der Waals surface area contributed by atoms with Crippen LogP contribution >= 0.6 is 0 Å². The molecule has 186 valence electrons. The van der Waals surface area contributed by atoms with Crippen molar-refractivity contribution in [2.24, 2.45) is 46.3 Å². The van der Waals surface area contributed by atoms with Crippen molar-refractivity contribution in [1.29, 1.82) is 0 Å². The topological polar surface area (TPSA) is 110 Å². The zero-order chi connectivity index (χ0) is 24.0. The fourth-order valence-corrected chi connectivity index (χ4v) is 9.12. The lowest BCUT2D eigenvalue weighted by Gasteiger charge is -2.64. The zero-order valence-electron chi connectivity index (χ0n) is 20.2. The van der Waals surface area contributed by atoms with Crippen LogP contribution in [0.5, 0.6) is 0 Å². The highest BCUT2D eigenvalue weighted by atomic mass is 16.5. The molecule has 11 atom stereocenters. The Morgan fingerprint density at radius 1 is 1.06 bits per heavy atom. The minimum absolute atomic E-state index is 0.0193. The number of carbonyl (C=O) groups is 3. The van der Waals surface area contributed by atoms with Gasteiger partial charge in [0.1, 0.15) is 12.2 Å². The molecule has 4 aliphatic carbocycles. The lowest BCUT2D eigenvalue weighted by Crippen LogP contribution is -2.63. The quantitative estimate of drug-likeness (QED) is 0.526. The Morgan fingerprint density at radius 3 is 2.45 bits per heavy atom. The second kappa shape index (κ2) is 9.20. The van der Waals surface area contributed by atoms with Crippen molar-refractivity contribution in [3.8, 4) is 0 Å². The molecular formula is C26H40O7. The van der Waals surface area contributed by atoms with E-state index in [1.165, 1.54) is 0 Å². The Balaban J connectivity index is 1.70. The number of hydrogen-bond donors (Lipinski definition) is 2. The number of hydrogen-bond acceptors (Lipinski definition) is 6. The van der Waals surface area contributed by atoms with Gasteiger partial charge in [0, 0.05) is 17.8 Å². The van der Waals surface area contributed by atoms with E-state index in [4.69, 9.17) is 9.47 Å². The van der Waals surface area contributed by atoms with Crippen LogP contribution < -0.4 is 0 Å². The molecule has 4 saturated carbocycles. The number of carboxylic acids is 1. The summed E-state index contributed by atoms with van der Waals surface area (Å²) < 4.78 is 11.6. The van der Waals surface area contributed by atoms with Gasteiger partial charge in [0.15, 0.2) is 0 Å². The van der Waals surface area contributed by atoms with Crippen LogP contribution in [0.25, 0.3) is 0 Å². The molecule has 0 aromatic rings. The van der Waals surface area contributed by atoms with Crippen LogP contribution in [0.1, 0.15) is 78.6 Å². The highest BCUT2D eigenvalue weighted by Crippen LogP contribution is 2.69. The SMILES string of the molecule is CC(CCC(=O)O)C1CCC2C3C(OC=O)CC4CC(O)CC[C@]4(C)C3CC(OC=O)[C@]12C. The van der Waals surface area contributed by atoms with E-state index in [9.17, 15) is 24.6 Å². The maximum absolute atomic E-state index is 11.6. The summed E-state index contributed by atoms with van der Waals surface area (Å²) in [5.74, 6) is 0.644. The molecule has 0 radical (unpaired) electrons. The van der Waals surface area contributed by atoms with Crippen LogP contribution in [0.2, 0.25) is 0 Å². The number of aliphatic carboxylic acids is 1. The molecule has 0 bridgehead atoms. The number of aliphatic hydroxyl groups is 1. The highest BCUT2D eigenvalue weighted by Gasteiger charge is 2.67. The minimum atomic E-state index is -0.781. The van der Waals surface area contributed by atoms with Crippen LogP contribution in [0.4, 0.5) is 0 Å². The van der Waals surface area contributed by atoms with Crippen LogP contribution in [0.3, 0.4) is 0 Å². The predicted octanol–water partition coefficient (Wildman–Crippen LogP) is 3.81. The third-order valence-electron chi connectivity index (χ3n) is 10.7. The molecule has 0 spiro atoms. The van der Waals surface area contributed by atoms with E-state index >= 15 is 0 Å². The second-order valence-electron chi connectivity index (χ2n) is 11.8. The Morgan fingerprint density at radius 2 is 1.79 bits per heavy atom. The van der Waals surface area contributed by atoms with E-state index in [0.717, 1.165) is 44.9 Å². The summed E-state index contributed by atoms with van der Waals surface area (Å²) in [6.07, 6.45) is 5.92. The number of aliphatic hydroxyl groups excluding tert-OH is 1. The number of carboxylic acid groups (broad SMARTS) is 1. The molecule has 4 aliphatic rings. The average molecular weight is 465 g/mol. The second-order valence-corrected chi connectivity index (χ2v) is 11.8. The van der Waals surface area contributed by atoms with Gasteiger partial charge >= 0.3 is 5.97 Å². The summed E-state index contributed by atoms with van der Waals surface area (Å²) in [4.78, 5) is 34.3. The van der Waals surface area contributed by atoms with Gasteiger partial charge in [0.2, 0.25) is 0 Å². The molecule has 4 fully saturated rings. The van der Waals surface area contributed by atoms with E-state index in [1.54, 1.807) is 0 Å². The summed E-state index contributed by atoms with van der Waals surface area (Å²) in [5, 5.41) is 19.6. The molecule has 0 aromatic heterocycles. The number of rotatable bonds is 8. The van der Waals surface area contributed by atoms with Gasteiger partial charge in [-0.05, 0) is 86.4 Å². The molecule has 9 unspecified atom stereocenters. The van der Waals surface area contributed by atoms with Crippen molar-refractivity contribution in [2.45, 2.75) is 96.9 Å². The van der Waals surface area contributed by atoms with Gasteiger partial charge in [-0.2, -0.15) is 0 Å². The van der Waals surface area contributed by atoms with Gasteiger partial charge in [-0.3, -0.25) is 14.4 Å². The fraction of sp³-hybridized carbons (Fsp3) is 0.885. The molecule has 0 heterocycles. The monoisotopic (exact) mass is 464 g/mol. The van der Waals surface area contributed by atoms with Crippen molar-refractivity contribution in [1.82, 2.24) is 0 Å². The van der Waals surface area contributed by atoms with Gasteiger partial charge in [-0.15, -0.1) is 0 Å². The summed E-state index contributed by atoms with van der Waals surface area (Å²) in [6.45, 7) is 7.86. The van der Waals surface area contributed by atoms with Crippen molar-refractivity contribution in [2.75, 3.05) is 0 Å². The molecule has 33 heavy (non-hydrogen) atoms. The Bertz CT molecular complexity index is 755. The van der Waals surface area contributed by atoms with Gasteiger partial charge in [-0.1, -0.05) is 20.8 Å². The van der Waals surface area contributed by atoms with Gasteiger partial charge in [-0.25, -0.2) is 0 Å². The lowest BCUT2D eigenvalue weighted by molar-refractivity contribution is -0.217. The summed E-state index contributed by atoms with van der Waals surface area (Å²) in [6, 6.07) is 0. The third kappa shape index (κ3) is 3.98.